The number of nitrogens with one attached hydrogen (secondary N) is 3. The molecule has 39 heavy (non-hydrogen) atoms. The minimum atomic E-state index is -3.55. The van der Waals surface area contributed by atoms with Gasteiger partial charge in [0, 0.05) is 30.4 Å². The molecule has 0 saturated heterocycles. The zero-order valence-corrected chi connectivity index (χ0v) is 22.9. The van der Waals surface area contributed by atoms with Gasteiger partial charge in [0.05, 0.1) is 17.9 Å². The molecule has 0 spiro atoms. The standard InChI is InChI=1S/C29H35F2N3O4S/c1-3-11-39(37,38)34-26-10-6-9-23(16-26)29(36)33-27(15-22-13-24(30)17-25(31)14-22)28(35)19-32-18-21-8-5-7-20(4-2)12-21/h5-10,12-14,16-17,27-28,32,34-35H,3-4,11,15,18-19H2,1-2H3,(H,33,36)/t27-,28-/m0/s1. The highest BCUT2D eigenvalue weighted by Gasteiger charge is 2.23. The molecule has 10 heteroatoms. The van der Waals surface area contributed by atoms with Gasteiger partial charge in [-0.15, -0.1) is 0 Å². The Morgan fingerprint density at radius 3 is 2.31 bits per heavy atom. The lowest BCUT2D eigenvalue weighted by Crippen LogP contribution is -2.48. The quantitative estimate of drug-likeness (QED) is 0.237. The van der Waals surface area contributed by atoms with Crippen molar-refractivity contribution in [3.8, 4) is 0 Å². The van der Waals surface area contributed by atoms with E-state index in [9.17, 15) is 27.1 Å². The Morgan fingerprint density at radius 2 is 1.62 bits per heavy atom. The van der Waals surface area contributed by atoms with E-state index in [0.29, 0.717) is 13.0 Å². The molecule has 0 aliphatic heterocycles. The molecule has 4 N–H and O–H groups in total. The van der Waals surface area contributed by atoms with Crippen molar-refractivity contribution in [3.05, 3.63) is 101 Å². The van der Waals surface area contributed by atoms with Gasteiger partial charge in [0.1, 0.15) is 11.6 Å². The summed E-state index contributed by atoms with van der Waals surface area (Å²) in [5.41, 5.74) is 2.90. The average Bonchev–Trinajstić information content (AvgIpc) is 2.87. The first-order valence-corrected chi connectivity index (χ1v) is 14.6. The van der Waals surface area contributed by atoms with Crippen LogP contribution in [0.2, 0.25) is 0 Å². The molecule has 0 aromatic heterocycles. The molecule has 2 atom stereocenters. The molecule has 0 aliphatic carbocycles. The van der Waals surface area contributed by atoms with Gasteiger partial charge in [-0.1, -0.05) is 44.2 Å². The second-order valence-electron chi connectivity index (χ2n) is 9.44. The molecule has 3 aromatic rings. The fraction of sp³-hybridized carbons (Fsp3) is 0.345. The minimum absolute atomic E-state index is 0.0304. The maximum Gasteiger partial charge on any atom is 0.251 e. The summed E-state index contributed by atoms with van der Waals surface area (Å²) in [5.74, 6) is -2.14. The first kappa shape index (κ1) is 30.2. The van der Waals surface area contributed by atoms with Gasteiger partial charge >= 0.3 is 0 Å². The van der Waals surface area contributed by atoms with Crippen molar-refractivity contribution in [1.29, 1.82) is 0 Å². The van der Waals surface area contributed by atoms with Gasteiger partial charge < -0.3 is 15.7 Å². The third-order valence-electron chi connectivity index (χ3n) is 6.11. The van der Waals surface area contributed by atoms with Crippen molar-refractivity contribution in [1.82, 2.24) is 10.6 Å². The number of sulfonamides is 1. The topological polar surface area (TPSA) is 108 Å². The summed E-state index contributed by atoms with van der Waals surface area (Å²) in [4.78, 5) is 13.1. The average molecular weight is 560 g/mol. The predicted molar refractivity (Wildman–Crippen MR) is 149 cm³/mol. The summed E-state index contributed by atoms with van der Waals surface area (Å²) in [6.45, 7) is 4.40. The van der Waals surface area contributed by atoms with Crippen molar-refractivity contribution in [3.63, 3.8) is 0 Å². The Hall–Kier alpha value is -3.34. The fourth-order valence-corrected chi connectivity index (χ4v) is 5.33. The van der Waals surface area contributed by atoms with E-state index in [-0.39, 0.29) is 35.5 Å². The molecule has 210 valence electrons. The van der Waals surface area contributed by atoms with E-state index < -0.39 is 39.7 Å². The molecule has 0 unspecified atom stereocenters. The van der Waals surface area contributed by atoms with E-state index in [2.05, 4.69) is 28.3 Å². The summed E-state index contributed by atoms with van der Waals surface area (Å²) in [5, 5.41) is 16.9. The Labute approximate surface area is 228 Å². The molecular formula is C29H35F2N3O4S. The smallest absolute Gasteiger partial charge is 0.251 e. The van der Waals surface area contributed by atoms with Crippen molar-refractivity contribution in [2.24, 2.45) is 0 Å². The van der Waals surface area contributed by atoms with Crippen LogP contribution in [-0.2, 0) is 29.4 Å². The zero-order valence-electron chi connectivity index (χ0n) is 22.1. The summed E-state index contributed by atoms with van der Waals surface area (Å²) in [6, 6.07) is 16.2. The molecule has 0 saturated carbocycles. The predicted octanol–water partition coefficient (Wildman–Crippen LogP) is 4.17. The van der Waals surface area contributed by atoms with E-state index >= 15 is 0 Å². The van der Waals surface area contributed by atoms with Gasteiger partial charge in [-0.25, -0.2) is 17.2 Å². The highest BCUT2D eigenvalue weighted by Crippen LogP contribution is 2.16. The van der Waals surface area contributed by atoms with Crippen LogP contribution in [0.15, 0.2) is 66.7 Å². The van der Waals surface area contributed by atoms with Gasteiger partial charge in [-0.2, -0.15) is 0 Å². The largest absolute Gasteiger partial charge is 0.390 e. The van der Waals surface area contributed by atoms with Crippen LogP contribution >= 0.6 is 0 Å². The summed E-state index contributed by atoms with van der Waals surface area (Å²) in [7, 11) is -3.55. The Kier molecular flexibility index (Phi) is 11.0. The van der Waals surface area contributed by atoms with Crippen molar-refractivity contribution >= 4 is 21.6 Å². The SMILES string of the molecule is CCCS(=O)(=O)Nc1cccc(C(=O)N[C@@H](Cc2cc(F)cc(F)c2)[C@@H](O)CNCc2cccc(CC)c2)c1. The molecule has 7 nitrogen and oxygen atoms in total. The lowest BCUT2D eigenvalue weighted by Gasteiger charge is -2.25. The number of carbonyl (C=O) groups is 1. The van der Waals surface area contributed by atoms with E-state index in [1.54, 1.807) is 6.92 Å². The Bertz CT molecular complexity index is 1350. The Morgan fingerprint density at radius 1 is 0.923 bits per heavy atom. The number of hydrogen-bond donors (Lipinski definition) is 4. The number of carbonyl (C=O) groups excluding carboxylic acids is 1. The fourth-order valence-electron chi connectivity index (χ4n) is 4.21. The minimum Gasteiger partial charge on any atom is -0.390 e. The zero-order chi connectivity index (χ0) is 28.4. The molecule has 0 radical (unpaired) electrons. The van der Waals surface area contributed by atoms with Crippen molar-refractivity contribution < 1.29 is 27.1 Å². The van der Waals surface area contributed by atoms with Gasteiger partial charge in [0.2, 0.25) is 10.0 Å². The highest BCUT2D eigenvalue weighted by molar-refractivity contribution is 7.92. The number of anilines is 1. The normalized spacial score (nSPS) is 13.1. The van der Waals surface area contributed by atoms with Gasteiger partial charge in [0.15, 0.2) is 0 Å². The molecule has 0 bridgehead atoms. The van der Waals surface area contributed by atoms with E-state index in [1.807, 2.05) is 18.2 Å². The number of hydrogen-bond acceptors (Lipinski definition) is 5. The number of rotatable bonds is 14. The number of benzene rings is 3. The maximum absolute atomic E-state index is 13.8. The molecule has 3 rings (SSSR count). The lowest BCUT2D eigenvalue weighted by molar-refractivity contribution is 0.0830. The molecular weight excluding hydrogens is 524 g/mol. The van der Waals surface area contributed by atoms with Crippen LogP contribution in [0.5, 0.6) is 0 Å². The van der Waals surface area contributed by atoms with Crippen LogP contribution in [0.25, 0.3) is 0 Å². The van der Waals surface area contributed by atoms with E-state index in [0.717, 1.165) is 30.2 Å². The number of halogens is 2. The van der Waals surface area contributed by atoms with Crippen LogP contribution in [0.4, 0.5) is 14.5 Å². The number of amides is 1. The molecule has 1 amide bonds. The highest BCUT2D eigenvalue weighted by atomic mass is 32.2. The third kappa shape index (κ3) is 9.72. The number of aryl methyl sites for hydroxylation is 1. The van der Waals surface area contributed by atoms with Crippen LogP contribution in [0, 0.1) is 11.6 Å². The third-order valence-corrected chi connectivity index (χ3v) is 7.60. The second kappa shape index (κ2) is 14.2. The summed E-state index contributed by atoms with van der Waals surface area (Å²) < 4.78 is 54.4. The number of aliphatic hydroxyl groups excluding tert-OH is 1. The molecule has 0 aliphatic rings. The van der Waals surface area contributed by atoms with Crippen LogP contribution in [0.3, 0.4) is 0 Å². The van der Waals surface area contributed by atoms with E-state index in [1.165, 1.54) is 29.8 Å². The second-order valence-corrected chi connectivity index (χ2v) is 11.3. The van der Waals surface area contributed by atoms with Gasteiger partial charge in [-0.3, -0.25) is 9.52 Å². The summed E-state index contributed by atoms with van der Waals surface area (Å²) >= 11 is 0. The lowest BCUT2D eigenvalue weighted by atomic mass is 10.00. The van der Waals surface area contributed by atoms with Gasteiger partial charge in [0.25, 0.3) is 5.91 Å². The first-order valence-electron chi connectivity index (χ1n) is 12.9. The summed E-state index contributed by atoms with van der Waals surface area (Å²) in [6.07, 6.45) is 0.210. The maximum atomic E-state index is 13.8. The monoisotopic (exact) mass is 559 g/mol. The molecule has 0 fully saturated rings. The first-order chi connectivity index (χ1) is 18.6. The van der Waals surface area contributed by atoms with Crippen LogP contribution in [-0.4, -0.2) is 43.9 Å². The van der Waals surface area contributed by atoms with Crippen molar-refractivity contribution in [2.75, 3.05) is 17.0 Å². The van der Waals surface area contributed by atoms with Crippen LogP contribution in [0.1, 0.15) is 47.3 Å². The Balaban J connectivity index is 1.74. The van der Waals surface area contributed by atoms with Crippen molar-refractivity contribution in [2.45, 2.75) is 51.8 Å². The molecule has 0 heterocycles. The van der Waals surface area contributed by atoms with Crippen LogP contribution < -0.4 is 15.4 Å². The number of aliphatic hydroxyl groups is 1. The van der Waals surface area contributed by atoms with E-state index in [4.69, 9.17) is 0 Å². The molecule has 3 aromatic carbocycles. The van der Waals surface area contributed by atoms with Gasteiger partial charge in [-0.05, 0) is 66.3 Å².